The van der Waals surface area contributed by atoms with Gasteiger partial charge < -0.3 is 24.1 Å². The molecule has 2 aromatic heterocycles. The molecule has 0 saturated heterocycles. The molecule has 43 heavy (non-hydrogen) atoms. The molecule has 1 aliphatic heterocycles. The van der Waals surface area contributed by atoms with E-state index >= 15 is 4.39 Å². The monoisotopic (exact) mass is 595 g/mol. The number of aliphatic imine (C=N–C) groups is 1. The first-order valence-corrected chi connectivity index (χ1v) is 13.1. The highest BCUT2D eigenvalue weighted by Crippen LogP contribution is 2.35. The first-order chi connectivity index (χ1) is 20.8. The number of methoxy groups -OCH3 is 2. The van der Waals surface area contributed by atoms with E-state index < -0.39 is 36.2 Å². The van der Waals surface area contributed by atoms with Crippen molar-refractivity contribution in [2.45, 2.75) is 25.4 Å². The molecule has 15 heteroatoms. The minimum absolute atomic E-state index is 0.00255. The second-order valence-corrected chi connectivity index (χ2v) is 9.25. The van der Waals surface area contributed by atoms with E-state index in [-0.39, 0.29) is 35.3 Å². The van der Waals surface area contributed by atoms with Gasteiger partial charge in [0.25, 0.3) is 0 Å². The van der Waals surface area contributed by atoms with E-state index in [9.17, 15) is 14.0 Å². The fraction of sp³-hybridized carbons (Fsp3) is 0.286. The number of rotatable bonds is 10. The van der Waals surface area contributed by atoms with Crippen molar-refractivity contribution in [2.24, 2.45) is 4.99 Å². The van der Waals surface area contributed by atoms with Gasteiger partial charge in [-0.25, -0.2) is 18.4 Å². The van der Waals surface area contributed by atoms with Crippen molar-refractivity contribution >= 4 is 17.5 Å². The summed E-state index contributed by atoms with van der Waals surface area (Å²) in [7, 11) is 2.63. The first-order valence-electron chi connectivity index (χ1n) is 13.1. The van der Waals surface area contributed by atoms with E-state index in [1.807, 2.05) is 0 Å². The molecule has 2 atom stereocenters. The third-order valence-electron chi connectivity index (χ3n) is 6.42. The Hall–Kier alpha value is -5.34. The maximum atomic E-state index is 15.9. The Balaban J connectivity index is 1.57. The number of nitrogens with zero attached hydrogens (tertiary/aromatic N) is 5. The van der Waals surface area contributed by atoms with Crippen LogP contribution in [0.1, 0.15) is 29.7 Å². The average Bonchev–Trinajstić information content (AvgIpc) is 3.64. The molecule has 0 amide bonds. The van der Waals surface area contributed by atoms with Crippen LogP contribution in [0, 0.1) is 12.7 Å². The lowest BCUT2D eigenvalue weighted by Gasteiger charge is -2.21. The molecule has 2 aromatic carbocycles. The molecule has 13 nitrogen and oxygen atoms in total. The number of alkyl halides is 1. The molecule has 2 N–H and O–H groups in total. The number of benzene rings is 2. The van der Waals surface area contributed by atoms with Crippen molar-refractivity contribution in [2.75, 3.05) is 32.8 Å². The number of hydrogen-bond acceptors (Lipinski definition) is 11. The normalized spacial score (nSPS) is 15.1. The van der Waals surface area contributed by atoms with Crippen molar-refractivity contribution in [3.05, 3.63) is 82.1 Å². The van der Waals surface area contributed by atoms with Crippen LogP contribution in [0.5, 0.6) is 11.5 Å². The van der Waals surface area contributed by atoms with Crippen LogP contribution in [0.25, 0.3) is 11.4 Å². The van der Waals surface area contributed by atoms with Crippen LogP contribution in [-0.4, -0.2) is 70.3 Å². The van der Waals surface area contributed by atoms with Crippen molar-refractivity contribution in [3.63, 3.8) is 0 Å². The summed E-state index contributed by atoms with van der Waals surface area (Å²) in [4.78, 5) is 36.3. The minimum Gasteiger partial charge on any atom is -0.497 e. The topological polar surface area (TPSA) is 159 Å². The number of carbonyl (C=O) groups excluding carboxylic acids is 1. The van der Waals surface area contributed by atoms with Crippen LogP contribution in [0.15, 0.2) is 62.9 Å². The van der Waals surface area contributed by atoms with Gasteiger partial charge in [0, 0.05) is 29.8 Å². The summed E-state index contributed by atoms with van der Waals surface area (Å²) in [5.41, 5.74) is 0.489. The fourth-order valence-electron chi connectivity index (χ4n) is 4.36. The number of aromatic amines is 1. The molecule has 5 rings (SSSR count). The summed E-state index contributed by atoms with van der Waals surface area (Å²) in [5, 5.41) is 11.5. The van der Waals surface area contributed by atoms with Crippen LogP contribution in [0.4, 0.5) is 14.5 Å². The maximum Gasteiger partial charge on any atom is 0.349 e. The number of esters is 1. The van der Waals surface area contributed by atoms with Crippen molar-refractivity contribution < 1.29 is 32.3 Å². The molecular formula is C28H27F2N7O6. The van der Waals surface area contributed by atoms with E-state index in [4.69, 9.17) is 18.7 Å². The average molecular weight is 596 g/mol. The number of ether oxygens (including phenoxy) is 3. The molecule has 2 unspecified atom stereocenters. The van der Waals surface area contributed by atoms with E-state index in [0.29, 0.717) is 29.4 Å². The number of hydrogen-bond donors (Lipinski definition) is 2. The van der Waals surface area contributed by atoms with Gasteiger partial charge in [-0.1, -0.05) is 11.2 Å². The summed E-state index contributed by atoms with van der Waals surface area (Å²) in [6.07, 6.45) is 3.51. The first kappa shape index (κ1) is 29.2. The van der Waals surface area contributed by atoms with Gasteiger partial charge in [0.15, 0.2) is 29.3 Å². The molecule has 0 aliphatic carbocycles. The summed E-state index contributed by atoms with van der Waals surface area (Å²) in [6, 6.07) is 7.62. The largest absolute Gasteiger partial charge is 0.497 e. The summed E-state index contributed by atoms with van der Waals surface area (Å²) in [6.45, 7) is 0.465. The highest BCUT2D eigenvalue weighted by molar-refractivity contribution is 5.96. The highest BCUT2D eigenvalue weighted by Gasteiger charge is 2.28. The van der Waals surface area contributed by atoms with Crippen molar-refractivity contribution in [1.82, 2.24) is 24.9 Å². The SMILES string of the molecule is COC(=O)C1CC=CC(n2nc(C(Nc3ccc(-c4noc(C)n4)cc3)c3cc(OC)cc(OCCF)c3F)[nH]c2=O)=N1. The molecule has 224 valence electrons. The maximum absolute atomic E-state index is 15.9. The van der Waals surface area contributed by atoms with Crippen LogP contribution in [-0.2, 0) is 9.53 Å². The second-order valence-electron chi connectivity index (χ2n) is 9.25. The predicted molar refractivity (Wildman–Crippen MR) is 150 cm³/mol. The summed E-state index contributed by atoms with van der Waals surface area (Å²) in [5.74, 6) is -0.514. The molecule has 0 radical (unpaired) electrons. The fourth-order valence-corrected chi connectivity index (χ4v) is 4.36. The zero-order valence-corrected chi connectivity index (χ0v) is 23.3. The van der Waals surface area contributed by atoms with Gasteiger partial charge in [0.1, 0.15) is 25.1 Å². The predicted octanol–water partition coefficient (Wildman–Crippen LogP) is 3.38. The summed E-state index contributed by atoms with van der Waals surface area (Å²) < 4.78 is 50.2. The lowest BCUT2D eigenvalue weighted by atomic mass is 10.0. The molecule has 1 aliphatic rings. The van der Waals surface area contributed by atoms with Gasteiger partial charge in [-0.15, -0.1) is 5.10 Å². The molecular weight excluding hydrogens is 568 g/mol. The quantitative estimate of drug-likeness (QED) is 0.260. The van der Waals surface area contributed by atoms with E-state index in [2.05, 4.69) is 30.5 Å². The van der Waals surface area contributed by atoms with E-state index in [1.54, 1.807) is 43.3 Å². The van der Waals surface area contributed by atoms with Crippen LogP contribution in [0.3, 0.4) is 0 Å². The van der Waals surface area contributed by atoms with Gasteiger partial charge in [-0.3, -0.25) is 9.98 Å². The smallest absolute Gasteiger partial charge is 0.349 e. The van der Waals surface area contributed by atoms with Gasteiger partial charge in [-0.2, -0.15) is 9.67 Å². The second kappa shape index (κ2) is 12.7. The number of anilines is 1. The Morgan fingerprint density at radius 1 is 1.26 bits per heavy atom. The van der Waals surface area contributed by atoms with E-state index in [1.165, 1.54) is 26.4 Å². The molecule has 0 saturated carbocycles. The Bertz CT molecular complexity index is 1730. The molecule has 0 spiro atoms. The van der Waals surface area contributed by atoms with Crippen molar-refractivity contribution in [3.8, 4) is 22.9 Å². The van der Waals surface area contributed by atoms with Crippen LogP contribution in [0.2, 0.25) is 0 Å². The number of aryl methyl sites for hydroxylation is 1. The van der Waals surface area contributed by atoms with Crippen LogP contribution >= 0.6 is 0 Å². The van der Waals surface area contributed by atoms with Gasteiger partial charge in [0.2, 0.25) is 11.7 Å². The molecule has 0 fully saturated rings. The lowest BCUT2D eigenvalue weighted by molar-refractivity contribution is -0.142. The molecule has 4 aromatic rings. The van der Waals surface area contributed by atoms with Crippen molar-refractivity contribution in [1.29, 1.82) is 0 Å². The zero-order valence-electron chi connectivity index (χ0n) is 23.3. The Kier molecular flexibility index (Phi) is 8.59. The number of allylic oxidation sites excluding steroid dienone is 1. The number of dihydropyridines is 1. The number of aromatic nitrogens is 5. The number of carbonyl (C=O) groups is 1. The van der Waals surface area contributed by atoms with Gasteiger partial charge in [0.05, 0.1) is 14.2 Å². The van der Waals surface area contributed by atoms with E-state index in [0.717, 1.165) is 4.68 Å². The molecule has 0 bridgehead atoms. The zero-order chi connectivity index (χ0) is 30.5. The third kappa shape index (κ3) is 6.29. The Morgan fingerprint density at radius 3 is 2.72 bits per heavy atom. The Labute approximate surface area is 243 Å². The Morgan fingerprint density at radius 2 is 2.05 bits per heavy atom. The highest BCUT2D eigenvalue weighted by atomic mass is 19.1. The third-order valence-corrected chi connectivity index (χ3v) is 6.42. The molecule has 3 heterocycles. The number of H-pyrrole nitrogens is 1. The standard InChI is InChI=1S/C28H27F2N7O6/c1-15-31-25(36-43-15)16-7-9-17(10-8-16)32-24(19-13-18(40-2)14-21(23(19)30)42-12-11-29)26-34-28(39)37(35-26)22-6-4-5-20(33-22)27(38)41-3/h4,6-10,13-14,20,24,32H,5,11-12H2,1-3H3,(H,34,35,39). The van der Waals surface area contributed by atoms with Crippen LogP contribution < -0.4 is 20.5 Å². The summed E-state index contributed by atoms with van der Waals surface area (Å²) >= 11 is 0. The number of halogens is 2. The van der Waals surface area contributed by atoms with Gasteiger partial charge in [-0.05, 0) is 42.8 Å². The van der Waals surface area contributed by atoms with Gasteiger partial charge >= 0.3 is 11.7 Å². The lowest BCUT2D eigenvalue weighted by Crippen LogP contribution is -2.30. The number of nitrogens with one attached hydrogen (secondary N) is 2. The minimum atomic E-state index is -1.11.